The first-order valence-corrected chi connectivity index (χ1v) is 6.25. The van der Waals surface area contributed by atoms with E-state index in [1.54, 1.807) is 23.8 Å². The van der Waals surface area contributed by atoms with Crippen LogP contribution in [-0.4, -0.2) is 44.1 Å². The van der Waals surface area contributed by atoms with Gasteiger partial charge in [-0.3, -0.25) is 9.69 Å². The molecule has 0 N–H and O–H groups in total. The average molecular weight is 262 g/mol. The fourth-order valence-corrected chi connectivity index (χ4v) is 2.14. The van der Waals surface area contributed by atoms with Crippen LogP contribution in [0.3, 0.4) is 0 Å². The molecule has 102 valence electrons. The van der Waals surface area contributed by atoms with Crippen LogP contribution >= 0.6 is 0 Å². The van der Waals surface area contributed by atoms with Gasteiger partial charge in [0.05, 0.1) is 13.0 Å². The Labute approximate surface area is 112 Å². The van der Waals surface area contributed by atoms with Gasteiger partial charge < -0.3 is 9.64 Å². The minimum atomic E-state index is -0.295. The van der Waals surface area contributed by atoms with Gasteiger partial charge in [-0.25, -0.2) is 4.79 Å². The van der Waals surface area contributed by atoms with Gasteiger partial charge in [-0.05, 0) is 24.6 Å². The zero-order chi connectivity index (χ0) is 14.0. The molecule has 0 spiro atoms. The fourth-order valence-electron chi connectivity index (χ4n) is 2.14. The van der Waals surface area contributed by atoms with E-state index in [-0.39, 0.29) is 17.9 Å². The lowest BCUT2D eigenvalue weighted by Crippen LogP contribution is -2.29. The number of carbonyl (C=O) groups excluding carboxylic acids is 2. The Bertz CT molecular complexity index is 484. The predicted molar refractivity (Wildman–Crippen MR) is 72.2 cm³/mol. The van der Waals surface area contributed by atoms with E-state index >= 15 is 0 Å². The third kappa shape index (κ3) is 2.54. The third-order valence-corrected chi connectivity index (χ3v) is 3.48. The van der Waals surface area contributed by atoms with Crippen molar-refractivity contribution in [2.24, 2.45) is 0 Å². The molecule has 1 aromatic rings. The Morgan fingerprint density at radius 1 is 1.26 bits per heavy atom. The highest BCUT2D eigenvalue weighted by Crippen LogP contribution is 2.23. The second-order valence-corrected chi connectivity index (χ2v) is 4.69. The first-order valence-electron chi connectivity index (χ1n) is 6.25. The summed E-state index contributed by atoms with van der Waals surface area (Å²) >= 11 is 0. The number of hydrogen-bond donors (Lipinski definition) is 0. The zero-order valence-corrected chi connectivity index (χ0v) is 11.4. The lowest BCUT2D eigenvalue weighted by atomic mass is 10.0. The zero-order valence-electron chi connectivity index (χ0n) is 11.4. The summed E-state index contributed by atoms with van der Waals surface area (Å²) in [4.78, 5) is 26.7. The second-order valence-electron chi connectivity index (χ2n) is 4.69. The van der Waals surface area contributed by atoms with Gasteiger partial charge in [-0.2, -0.15) is 0 Å². The maximum absolute atomic E-state index is 11.9. The largest absolute Gasteiger partial charge is 0.469 e. The van der Waals surface area contributed by atoms with Crippen molar-refractivity contribution in [2.75, 3.05) is 32.1 Å². The number of benzene rings is 1. The van der Waals surface area contributed by atoms with Gasteiger partial charge in [-0.1, -0.05) is 12.1 Å². The summed E-state index contributed by atoms with van der Waals surface area (Å²) in [6.07, 6.45) is 0. The fraction of sp³-hybridized carbons (Fsp3) is 0.429. The molecule has 1 saturated heterocycles. The number of urea groups is 1. The van der Waals surface area contributed by atoms with Gasteiger partial charge in [-0.15, -0.1) is 0 Å². The molecule has 0 saturated carbocycles. The number of nitrogens with zero attached hydrogens (tertiary/aromatic N) is 2. The molecule has 1 atom stereocenters. The van der Waals surface area contributed by atoms with Crippen LogP contribution in [0.25, 0.3) is 0 Å². The van der Waals surface area contributed by atoms with Gasteiger partial charge in [0.15, 0.2) is 0 Å². The van der Waals surface area contributed by atoms with Crippen molar-refractivity contribution in [2.45, 2.75) is 12.8 Å². The van der Waals surface area contributed by atoms with Gasteiger partial charge in [0.25, 0.3) is 0 Å². The van der Waals surface area contributed by atoms with E-state index in [0.717, 1.165) is 17.8 Å². The molecule has 1 aliphatic rings. The van der Waals surface area contributed by atoms with Crippen LogP contribution in [0, 0.1) is 0 Å². The van der Waals surface area contributed by atoms with Crippen LogP contribution in [-0.2, 0) is 9.53 Å². The molecular weight excluding hydrogens is 244 g/mol. The number of carbonyl (C=O) groups is 2. The molecule has 2 rings (SSSR count). The number of hydrogen-bond acceptors (Lipinski definition) is 3. The molecule has 1 aromatic carbocycles. The molecule has 0 bridgehead atoms. The Kier molecular flexibility index (Phi) is 3.74. The quantitative estimate of drug-likeness (QED) is 0.781. The van der Waals surface area contributed by atoms with Gasteiger partial charge >= 0.3 is 12.0 Å². The average Bonchev–Trinajstić information content (AvgIpc) is 2.77. The van der Waals surface area contributed by atoms with Crippen LogP contribution in [0.1, 0.15) is 18.4 Å². The number of likely N-dealkylation sites (N-methyl/N-ethyl adjacent to an activating group) is 1. The van der Waals surface area contributed by atoms with Crippen molar-refractivity contribution in [1.82, 2.24) is 4.90 Å². The second kappa shape index (κ2) is 5.30. The summed E-state index contributed by atoms with van der Waals surface area (Å²) in [5.41, 5.74) is 1.74. The number of methoxy groups -OCH3 is 1. The lowest BCUT2D eigenvalue weighted by molar-refractivity contribution is -0.141. The van der Waals surface area contributed by atoms with Crippen molar-refractivity contribution in [3.8, 4) is 0 Å². The molecule has 0 aromatic heterocycles. The number of ether oxygens (including phenoxy) is 1. The van der Waals surface area contributed by atoms with Crippen LogP contribution < -0.4 is 4.90 Å². The summed E-state index contributed by atoms with van der Waals surface area (Å²) < 4.78 is 4.72. The van der Waals surface area contributed by atoms with Crippen LogP contribution in [0.15, 0.2) is 24.3 Å². The summed E-state index contributed by atoms with van der Waals surface area (Å²) in [5, 5.41) is 0. The lowest BCUT2D eigenvalue weighted by Gasteiger charge is -2.17. The summed E-state index contributed by atoms with van der Waals surface area (Å²) in [6.45, 7) is 3.23. The molecule has 5 nitrogen and oxygen atoms in total. The number of amides is 2. The van der Waals surface area contributed by atoms with Crippen molar-refractivity contribution in [3.63, 3.8) is 0 Å². The molecular formula is C14H18N2O3. The molecule has 1 aliphatic heterocycles. The highest BCUT2D eigenvalue weighted by atomic mass is 16.5. The molecule has 0 aliphatic carbocycles. The summed E-state index contributed by atoms with van der Waals surface area (Å²) in [7, 11) is 3.17. The molecule has 1 heterocycles. The smallest absolute Gasteiger partial charge is 0.324 e. The first-order chi connectivity index (χ1) is 9.04. The van der Waals surface area contributed by atoms with E-state index in [1.165, 1.54) is 7.11 Å². The Hall–Kier alpha value is -2.04. The number of esters is 1. The SMILES string of the molecule is COC(=O)[C@H](C)c1ccc(N2CCN(C)C2=O)cc1. The minimum Gasteiger partial charge on any atom is -0.469 e. The van der Waals surface area contributed by atoms with E-state index in [1.807, 2.05) is 24.3 Å². The normalized spacial score (nSPS) is 16.7. The topological polar surface area (TPSA) is 49.9 Å². The molecule has 0 unspecified atom stereocenters. The van der Waals surface area contributed by atoms with Crippen LogP contribution in [0.2, 0.25) is 0 Å². The van der Waals surface area contributed by atoms with E-state index in [0.29, 0.717) is 6.54 Å². The molecule has 5 heteroatoms. The molecule has 2 amide bonds. The highest BCUT2D eigenvalue weighted by Gasteiger charge is 2.26. The van der Waals surface area contributed by atoms with Gasteiger partial charge in [0.1, 0.15) is 0 Å². The van der Waals surface area contributed by atoms with E-state index in [9.17, 15) is 9.59 Å². The highest BCUT2D eigenvalue weighted by molar-refractivity contribution is 5.94. The van der Waals surface area contributed by atoms with Crippen molar-refractivity contribution in [3.05, 3.63) is 29.8 Å². The van der Waals surface area contributed by atoms with Gasteiger partial charge in [0.2, 0.25) is 0 Å². The molecule has 0 radical (unpaired) electrons. The first kappa shape index (κ1) is 13.4. The van der Waals surface area contributed by atoms with Crippen molar-refractivity contribution >= 4 is 17.7 Å². The number of rotatable bonds is 3. The maximum Gasteiger partial charge on any atom is 0.324 e. The predicted octanol–water partition coefficient (Wildman–Crippen LogP) is 1.83. The Morgan fingerprint density at radius 3 is 2.37 bits per heavy atom. The Balaban J connectivity index is 2.15. The van der Waals surface area contributed by atoms with E-state index in [2.05, 4.69) is 0 Å². The van der Waals surface area contributed by atoms with Crippen LogP contribution in [0.5, 0.6) is 0 Å². The van der Waals surface area contributed by atoms with Crippen molar-refractivity contribution in [1.29, 1.82) is 0 Å². The van der Waals surface area contributed by atoms with Crippen molar-refractivity contribution < 1.29 is 14.3 Å². The summed E-state index contributed by atoms with van der Waals surface area (Å²) in [5.74, 6) is -0.555. The minimum absolute atomic E-state index is 0.00812. The third-order valence-electron chi connectivity index (χ3n) is 3.48. The van der Waals surface area contributed by atoms with Crippen LogP contribution in [0.4, 0.5) is 10.5 Å². The Morgan fingerprint density at radius 2 is 1.89 bits per heavy atom. The molecule has 1 fully saturated rings. The maximum atomic E-state index is 11.9. The monoisotopic (exact) mass is 262 g/mol. The number of anilines is 1. The van der Waals surface area contributed by atoms with Gasteiger partial charge in [0, 0.05) is 25.8 Å². The standard InChI is InChI=1S/C14H18N2O3/c1-10(13(17)19-3)11-4-6-12(7-5-11)16-9-8-15(2)14(16)18/h4-7,10H,8-9H2,1-3H3/t10-/m1/s1. The summed E-state index contributed by atoms with van der Waals surface area (Å²) in [6, 6.07) is 7.47. The van der Waals surface area contributed by atoms with E-state index in [4.69, 9.17) is 4.74 Å². The van der Waals surface area contributed by atoms with E-state index < -0.39 is 0 Å². The molecule has 19 heavy (non-hydrogen) atoms.